The maximum absolute atomic E-state index is 13.0. The molecular formula is C20H20O5. The zero-order chi connectivity index (χ0) is 18.4. The van der Waals surface area contributed by atoms with E-state index in [-0.39, 0.29) is 22.1 Å². The Morgan fingerprint density at radius 3 is 2.48 bits per heavy atom. The van der Waals surface area contributed by atoms with Crippen molar-refractivity contribution >= 4 is 21.9 Å². The molecule has 0 aliphatic heterocycles. The van der Waals surface area contributed by atoms with Crippen molar-refractivity contribution in [1.29, 1.82) is 0 Å². The molecular weight excluding hydrogens is 320 g/mol. The highest BCUT2D eigenvalue weighted by atomic mass is 16.5. The molecule has 5 heteroatoms. The van der Waals surface area contributed by atoms with Crippen molar-refractivity contribution in [3.8, 4) is 17.2 Å². The zero-order valence-electron chi connectivity index (χ0n) is 14.7. The van der Waals surface area contributed by atoms with Gasteiger partial charge in [-0.2, -0.15) is 0 Å². The third-order valence-corrected chi connectivity index (χ3v) is 4.49. The largest absolute Gasteiger partial charge is 0.507 e. The molecule has 0 aliphatic rings. The fraction of sp³-hybridized carbons (Fsp3) is 0.250. The average Bonchev–Trinajstić information content (AvgIpc) is 2.60. The van der Waals surface area contributed by atoms with Crippen LogP contribution in [0.1, 0.15) is 19.4 Å². The molecule has 0 atom stereocenters. The minimum Gasteiger partial charge on any atom is -0.507 e. The first-order valence-electron chi connectivity index (χ1n) is 7.83. The molecule has 0 aliphatic carbocycles. The number of allylic oxidation sites excluding steroid dienone is 1. The summed E-state index contributed by atoms with van der Waals surface area (Å²) in [6.45, 7) is 7.58. The summed E-state index contributed by atoms with van der Waals surface area (Å²) < 4.78 is 16.6. The molecule has 3 aromatic rings. The smallest absolute Gasteiger partial charge is 0.204 e. The van der Waals surface area contributed by atoms with Gasteiger partial charge in [0.2, 0.25) is 5.43 Å². The monoisotopic (exact) mass is 340 g/mol. The Morgan fingerprint density at radius 1 is 1.20 bits per heavy atom. The van der Waals surface area contributed by atoms with Gasteiger partial charge in [0.1, 0.15) is 22.5 Å². The molecule has 25 heavy (non-hydrogen) atoms. The van der Waals surface area contributed by atoms with Crippen molar-refractivity contribution < 1.29 is 19.0 Å². The van der Waals surface area contributed by atoms with Crippen LogP contribution in [-0.4, -0.2) is 19.3 Å². The number of hydrogen-bond donors (Lipinski definition) is 1. The third kappa shape index (κ3) is 2.43. The van der Waals surface area contributed by atoms with Crippen LogP contribution >= 0.6 is 0 Å². The van der Waals surface area contributed by atoms with E-state index in [4.69, 9.17) is 13.9 Å². The number of ether oxygens (including phenoxy) is 2. The van der Waals surface area contributed by atoms with Crippen LogP contribution < -0.4 is 14.9 Å². The van der Waals surface area contributed by atoms with Crippen molar-refractivity contribution in [2.75, 3.05) is 14.2 Å². The minimum absolute atomic E-state index is 0.117. The number of methoxy groups -OCH3 is 2. The predicted molar refractivity (Wildman–Crippen MR) is 98.0 cm³/mol. The number of phenolic OH excluding ortho intramolecular Hbond substituents is 1. The van der Waals surface area contributed by atoms with Crippen LogP contribution in [0.4, 0.5) is 0 Å². The maximum Gasteiger partial charge on any atom is 0.204 e. The van der Waals surface area contributed by atoms with Crippen LogP contribution in [0.3, 0.4) is 0 Å². The van der Waals surface area contributed by atoms with Crippen LogP contribution in [0, 0.1) is 0 Å². The summed E-state index contributed by atoms with van der Waals surface area (Å²) in [5.74, 6) is 0.718. The van der Waals surface area contributed by atoms with E-state index in [1.807, 2.05) is 13.8 Å². The number of benzene rings is 2. The number of hydrogen-bond acceptors (Lipinski definition) is 5. The van der Waals surface area contributed by atoms with Gasteiger partial charge in [-0.1, -0.05) is 26.0 Å². The first-order valence-corrected chi connectivity index (χ1v) is 7.83. The van der Waals surface area contributed by atoms with E-state index in [1.54, 1.807) is 30.3 Å². The van der Waals surface area contributed by atoms with Crippen LogP contribution in [0.25, 0.3) is 21.9 Å². The normalized spacial score (nSPS) is 11.7. The highest BCUT2D eigenvalue weighted by Crippen LogP contribution is 2.44. The fourth-order valence-electron chi connectivity index (χ4n) is 3.01. The fourth-order valence-corrected chi connectivity index (χ4v) is 3.01. The molecule has 130 valence electrons. The van der Waals surface area contributed by atoms with E-state index in [9.17, 15) is 9.90 Å². The van der Waals surface area contributed by atoms with Crippen LogP contribution in [0.15, 0.2) is 46.1 Å². The molecule has 0 unspecified atom stereocenters. The van der Waals surface area contributed by atoms with Crippen molar-refractivity contribution in [2.45, 2.75) is 19.3 Å². The summed E-state index contributed by atoms with van der Waals surface area (Å²) in [5.41, 5.74) is 0.141. The first kappa shape index (κ1) is 16.9. The van der Waals surface area contributed by atoms with Crippen molar-refractivity contribution in [3.05, 3.63) is 52.7 Å². The van der Waals surface area contributed by atoms with E-state index in [2.05, 4.69) is 6.58 Å². The number of fused-ring (bicyclic) bond motifs is 2. The third-order valence-electron chi connectivity index (χ3n) is 4.49. The lowest BCUT2D eigenvalue weighted by molar-refractivity contribution is 0.388. The SMILES string of the molecule is C=CC(C)(C)c1c(OC)cc2oc3c(OC)cccc3c(=O)c2c1O. The van der Waals surface area contributed by atoms with E-state index in [1.165, 1.54) is 14.2 Å². The standard InChI is InChI=1S/C20H20O5/c1-6-20(2,3)16-14(24-5)10-13-15(18(16)22)17(21)11-8-7-9-12(23-4)19(11)25-13/h6-10,22H,1H2,2-5H3. The van der Waals surface area contributed by atoms with E-state index < -0.39 is 5.41 Å². The average molecular weight is 340 g/mol. The summed E-state index contributed by atoms with van der Waals surface area (Å²) >= 11 is 0. The molecule has 3 rings (SSSR count). The molecule has 2 aromatic carbocycles. The number of phenols is 1. The molecule has 0 amide bonds. The van der Waals surface area contributed by atoms with E-state index >= 15 is 0 Å². The summed E-state index contributed by atoms with van der Waals surface area (Å²) in [6.07, 6.45) is 1.70. The van der Waals surface area contributed by atoms with E-state index in [0.717, 1.165) is 0 Å². The number of aromatic hydroxyl groups is 1. The molecule has 5 nitrogen and oxygen atoms in total. The van der Waals surface area contributed by atoms with Gasteiger partial charge in [0.25, 0.3) is 0 Å². The molecule has 0 bridgehead atoms. The Hall–Kier alpha value is -2.95. The van der Waals surface area contributed by atoms with Gasteiger partial charge in [0.15, 0.2) is 11.3 Å². The molecule has 0 spiro atoms. The second-order valence-corrected chi connectivity index (χ2v) is 6.37. The lowest BCUT2D eigenvalue weighted by Gasteiger charge is -2.25. The first-order chi connectivity index (χ1) is 11.9. The van der Waals surface area contributed by atoms with Gasteiger partial charge >= 0.3 is 0 Å². The Balaban J connectivity index is 2.55. The molecule has 1 heterocycles. The molecule has 0 fully saturated rings. The second kappa shape index (κ2) is 5.84. The quantitative estimate of drug-likeness (QED) is 0.571. The summed E-state index contributed by atoms with van der Waals surface area (Å²) in [7, 11) is 3.01. The lowest BCUT2D eigenvalue weighted by Crippen LogP contribution is -2.16. The Labute approximate surface area is 145 Å². The van der Waals surface area contributed by atoms with Gasteiger partial charge < -0.3 is 19.0 Å². The van der Waals surface area contributed by atoms with Gasteiger partial charge in [-0.3, -0.25) is 4.79 Å². The Kier molecular flexibility index (Phi) is 3.95. The number of para-hydroxylation sites is 1. The lowest BCUT2D eigenvalue weighted by atomic mass is 9.82. The Morgan fingerprint density at radius 2 is 1.88 bits per heavy atom. The molecule has 0 saturated heterocycles. The highest BCUT2D eigenvalue weighted by Gasteiger charge is 2.29. The van der Waals surface area contributed by atoms with Gasteiger partial charge in [-0.05, 0) is 12.1 Å². The zero-order valence-corrected chi connectivity index (χ0v) is 14.7. The molecule has 0 radical (unpaired) electrons. The summed E-state index contributed by atoms with van der Waals surface area (Å²) in [5, 5.41) is 11.3. The van der Waals surface area contributed by atoms with Gasteiger partial charge in [0.05, 0.1) is 19.6 Å². The van der Waals surface area contributed by atoms with Crippen molar-refractivity contribution in [3.63, 3.8) is 0 Å². The van der Waals surface area contributed by atoms with Crippen molar-refractivity contribution in [2.24, 2.45) is 0 Å². The highest BCUT2D eigenvalue weighted by molar-refractivity contribution is 5.97. The second-order valence-electron chi connectivity index (χ2n) is 6.37. The van der Waals surface area contributed by atoms with Crippen molar-refractivity contribution in [1.82, 2.24) is 0 Å². The minimum atomic E-state index is -0.598. The maximum atomic E-state index is 13.0. The van der Waals surface area contributed by atoms with Gasteiger partial charge in [0, 0.05) is 17.0 Å². The van der Waals surface area contributed by atoms with Gasteiger partial charge in [-0.25, -0.2) is 0 Å². The van der Waals surface area contributed by atoms with E-state index in [0.29, 0.717) is 28.0 Å². The number of rotatable bonds is 4. The topological polar surface area (TPSA) is 68.9 Å². The van der Waals surface area contributed by atoms with Crippen LogP contribution in [0.2, 0.25) is 0 Å². The molecule has 1 aromatic heterocycles. The Bertz CT molecular complexity index is 1040. The van der Waals surface area contributed by atoms with Crippen LogP contribution in [0.5, 0.6) is 17.2 Å². The molecule has 1 N–H and O–H groups in total. The summed E-state index contributed by atoms with van der Waals surface area (Å²) in [6, 6.07) is 6.68. The summed E-state index contributed by atoms with van der Waals surface area (Å²) in [4.78, 5) is 13.0. The van der Waals surface area contributed by atoms with Gasteiger partial charge in [-0.15, -0.1) is 6.58 Å². The predicted octanol–water partition coefficient (Wildman–Crippen LogP) is 4.13. The van der Waals surface area contributed by atoms with Crippen LogP contribution in [-0.2, 0) is 5.41 Å². The molecule has 0 saturated carbocycles.